The van der Waals surface area contributed by atoms with Crippen molar-refractivity contribution >= 4 is 23.6 Å². The number of amides is 1. The van der Waals surface area contributed by atoms with E-state index in [0.717, 1.165) is 5.69 Å². The highest BCUT2D eigenvalue weighted by Crippen LogP contribution is 2.17. The molecule has 2 rings (SSSR count). The molecule has 1 aromatic heterocycles. The monoisotopic (exact) mass is 217 g/mol. The summed E-state index contributed by atoms with van der Waals surface area (Å²) in [4.78, 5) is 30.2. The Balaban J connectivity index is 2.26. The van der Waals surface area contributed by atoms with Gasteiger partial charge in [0, 0.05) is 12.8 Å². The van der Waals surface area contributed by atoms with Crippen LogP contribution in [0, 0.1) is 0 Å². The van der Waals surface area contributed by atoms with Gasteiger partial charge in [-0.3, -0.25) is 9.59 Å². The van der Waals surface area contributed by atoms with Gasteiger partial charge in [0.1, 0.15) is 0 Å². The van der Waals surface area contributed by atoms with Gasteiger partial charge in [0.15, 0.2) is 11.6 Å². The molecule has 0 bridgehead atoms. The molecule has 0 atom stereocenters. The SMILES string of the molecule is CC(=O)/C=C/c1cnc2c(n1)CCC(=O)N2. The standard InChI is InChI=1S/C11H11N3O2/c1-7(15)2-3-8-6-12-11-9(13-8)4-5-10(16)14-11/h2-3,6H,4-5H2,1H3,(H,12,14,16)/b3-2+. The molecule has 0 unspecified atom stereocenters. The second kappa shape index (κ2) is 4.22. The molecule has 82 valence electrons. The molecule has 1 aliphatic rings. The lowest BCUT2D eigenvalue weighted by Crippen LogP contribution is -2.21. The molecule has 2 heterocycles. The number of ketones is 1. The fraction of sp³-hybridized carbons (Fsp3) is 0.273. The van der Waals surface area contributed by atoms with Crippen LogP contribution in [-0.2, 0) is 16.0 Å². The highest BCUT2D eigenvalue weighted by molar-refractivity contribution is 5.93. The Hall–Kier alpha value is -2.04. The van der Waals surface area contributed by atoms with Crippen LogP contribution in [0.4, 0.5) is 5.82 Å². The minimum absolute atomic E-state index is 0.0335. The first-order valence-corrected chi connectivity index (χ1v) is 4.99. The topological polar surface area (TPSA) is 72.0 Å². The molecule has 1 amide bonds. The van der Waals surface area contributed by atoms with Crippen LogP contribution in [0.3, 0.4) is 0 Å². The predicted molar refractivity (Wildman–Crippen MR) is 58.7 cm³/mol. The van der Waals surface area contributed by atoms with Crippen LogP contribution >= 0.6 is 0 Å². The first kappa shape index (κ1) is 10.5. The lowest BCUT2D eigenvalue weighted by atomic mass is 10.1. The average Bonchev–Trinajstić information content (AvgIpc) is 2.26. The predicted octanol–water partition coefficient (Wildman–Crippen LogP) is 0.964. The molecule has 0 aliphatic carbocycles. The Morgan fingerprint density at radius 3 is 3.06 bits per heavy atom. The molecule has 0 fully saturated rings. The molecule has 1 N–H and O–H groups in total. The number of aryl methyl sites for hydroxylation is 1. The van der Waals surface area contributed by atoms with E-state index in [1.165, 1.54) is 19.2 Å². The fourth-order valence-corrected chi connectivity index (χ4v) is 1.43. The van der Waals surface area contributed by atoms with Crippen molar-refractivity contribution < 1.29 is 9.59 Å². The second-order valence-corrected chi connectivity index (χ2v) is 3.58. The van der Waals surface area contributed by atoms with Gasteiger partial charge < -0.3 is 5.32 Å². The van der Waals surface area contributed by atoms with E-state index in [4.69, 9.17) is 0 Å². The van der Waals surface area contributed by atoms with Gasteiger partial charge in [0.05, 0.1) is 17.6 Å². The Labute approximate surface area is 92.6 Å². The van der Waals surface area contributed by atoms with Crippen molar-refractivity contribution in [3.05, 3.63) is 23.7 Å². The molecule has 5 heteroatoms. The molecule has 0 saturated heterocycles. The maximum atomic E-state index is 11.1. The third-order valence-electron chi connectivity index (χ3n) is 2.20. The van der Waals surface area contributed by atoms with Crippen LogP contribution in [0.2, 0.25) is 0 Å². The number of carbonyl (C=O) groups is 2. The van der Waals surface area contributed by atoms with E-state index in [1.54, 1.807) is 6.08 Å². The van der Waals surface area contributed by atoms with Crippen molar-refractivity contribution in [3.63, 3.8) is 0 Å². The zero-order valence-electron chi connectivity index (χ0n) is 8.86. The maximum Gasteiger partial charge on any atom is 0.225 e. The number of fused-ring (bicyclic) bond motifs is 1. The van der Waals surface area contributed by atoms with Crippen molar-refractivity contribution in [2.24, 2.45) is 0 Å². The molecule has 0 aromatic carbocycles. The van der Waals surface area contributed by atoms with Crippen molar-refractivity contribution in [3.8, 4) is 0 Å². The van der Waals surface area contributed by atoms with E-state index in [1.807, 2.05) is 0 Å². The summed E-state index contributed by atoms with van der Waals surface area (Å²) in [5.74, 6) is 0.456. The molecule has 0 saturated carbocycles. The third kappa shape index (κ3) is 2.31. The number of allylic oxidation sites excluding steroid dienone is 1. The zero-order valence-corrected chi connectivity index (χ0v) is 8.86. The normalized spacial score (nSPS) is 14.7. The summed E-state index contributed by atoms with van der Waals surface area (Å²) in [5.41, 5.74) is 1.40. The Kier molecular flexibility index (Phi) is 2.76. The number of aromatic nitrogens is 2. The third-order valence-corrected chi connectivity index (χ3v) is 2.20. The van der Waals surface area contributed by atoms with Gasteiger partial charge in [-0.2, -0.15) is 0 Å². The largest absolute Gasteiger partial charge is 0.309 e. The zero-order chi connectivity index (χ0) is 11.5. The molecule has 0 radical (unpaired) electrons. The molecule has 5 nitrogen and oxygen atoms in total. The van der Waals surface area contributed by atoms with Crippen LogP contribution in [-0.4, -0.2) is 21.7 Å². The highest BCUT2D eigenvalue weighted by Gasteiger charge is 2.16. The first-order chi connectivity index (χ1) is 7.65. The van der Waals surface area contributed by atoms with Gasteiger partial charge in [-0.05, 0) is 19.1 Å². The number of hydrogen-bond donors (Lipinski definition) is 1. The van der Waals surface area contributed by atoms with E-state index in [0.29, 0.717) is 24.4 Å². The van der Waals surface area contributed by atoms with Gasteiger partial charge in [0.25, 0.3) is 0 Å². The van der Waals surface area contributed by atoms with Gasteiger partial charge in [0.2, 0.25) is 5.91 Å². The van der Waals surface area contributed by atoms with E-state index < -0.39 is 0 Å². The molecule has 1 aromatic rings. The van der Waals surface area contributed by atoms with Crippen LogP contribution in [0.5, 0.6) is 0 Å². The summed E-state index contributed by atoms with van der Waals surface area (Å²) in [6.45, 7) is 1.47. The highest BCUT2D eigenvalue weighted by atomic mass is 16.1. The first-order valence-electron chi connectivity index (χ1n) is 4.99. The fourth-order valence-electron chi connectivity index (χ4n) is 1.43. The van der Waals surface area contributed by atoms with Gasteiger partial charge in [-0.15, -0.1) is 0 Å². The van der Waals surface area contributed by atoms with Crippen molar-refractivity contribution in [1.82, 2.24) is 9.97 Å². The van der Waals surface area contributed by atoms with Gasteiger partial charge in [-0.1, -0.05) is 0 Å². The van der Waals surface area contributed by atoms with Gasteiger partial charge in [-0.25, -0.2) is 9.97 Å². The number of rotatable bonds is 2. The lowest BCUT2D eigenvalue weighted by Gasteiger charge is -2.14. The van der Waals surface area contributed by atoms with E-state index in [-0.39, 0.29) is 11.7 Å². The average molecular weight is 217 g/mol. The lowest BCUT2D eigenvalue weighted by molar-refractivity contribution is -0.116. The number of nitrogens with zero attached hydrogens (tertiary/aromatic N) is 2. The molecule has 1 aliphatic heterocycles. The molecule has 0 spiro atoms. The summed E-state index contributed by atoms with van der Waals surface area (Å²) < 4.78 is 0. The van der Waals surface area contributed by atoms with Crippen LogP contribution in [0.25, 0.3) is 6.08 Å². The number of hydrogen-bond acceptors (Lipinski definition) is 4. The quantitative estimate of drug-likeness (QED) is 0.749. The van der Waals surface area contributed by atoms with E-state index in [9.17, 15) is 9.59 Å². The Bertz CT molecular complexity index is 480. The minimum Gasteiger partial charge on any atom is -0.309 e. The second-order valence-electron chi connectivity index (χ2n) is 3.58. The Morgan fingerprint density at radius 2 is 2.31 bits per heavy atom. The minimum atomic E-state index is -0.0344. The van der Waals surface area contributed by atoms with E-state index >= 15 is 0 Å². The summed E-state index contributed by atoms with van der Waals surface area (Å²) >= 11 is 0. The number of nitrogens with one attached hydrogen (secondary N) is 1. The van der Waals surface area contributed by atoms with Crippen LogP contribution < -0.4 is 5.32 Å². The van der Waals surface area contributed by atoms with Crippen LogP contribution in [0.15, 0.2) is 12.3 Å². The van der Waals surface area contributed by atoms with E-state index in [2.05, 4.69) is 15.3 Å². The van der Waals surface area contributed by atoms with Gasteiger partial charge >= 0.3 is 0 Å². The molecular formula is C11H11N3O2. The summed E-state index contributed by atoms with van der Waals surface area (Å²) in [7, 11) is 0. The Morgan fingerprint density at radius 1 is 1.50 bits per heavy atom. The van der Waals surface area contributed by atoms with Crippen molar-refractivity contribution in [2.45, 2.75) is 19.8 Å². The number of anilines is 1. The molecular weight excluding hydrogens is 206 g/mol. The van der Waals surface area contributed by atoms with Crippen LogP contribution in [0.1, 0.15) is 24.7 Å². The molecule has 16 heavy (non-hydrogen) atoms. The number of carbonyl (C=O) groups excluding carboxylic acids is 2. The van der Waals surface area contributed by atoms with Crippen molar-refractivity contribution in [1.29, 1.82) is 0 Å². The summed E-state index contributed by atoms with van der Waals surface area (Å²) in [5, 5.41) is 2.65. The maximum absolute atomic E-state index is 11.1. The smallest absolute Gasteiger partial charge is 0.225 e. The van der Waals surface area contributed by atoms with Crippen molar-refractivity contribution in [2.75, 3.05) is 5.32 Å². The summed E-state index contributed by atoms with van der Waals surface area (Å²) in [6.07, 6.45) is 5.62. The summed E-state index contributed by atoms with van der Waals surface area (Å²) in [6, 6.07) is 0.